The zero-order chi connectivity index (χ0) is 15.9. The average Bonchev–Trinajstić information content (AvgIpc) is 2.92. The number of carboxylic acids is 1. The van der Waals surface area contributed by atoms with Crippen LogP contribution in [0.4, 0.5) is 13.2 Å². The summed E-state index contributed by atoms with van der Waals surface area (Å²) >= 11 is 0. The van der Waals surface area contributed by atoms with E-state index < -0.39 is 12.1 Å². The molecule has 0 amide bonds. The summed E-state index contributed by atoms with van der Waals surface area (Å²) in [5, 5.41) is 24.5. The lowest BCUT2D eigenvalue weighted by Gasteiger charge is -2.27. The molecule has 21 heavy (non-hydrogen) atoms. The molecule has 7 nitrogen and oxygen atoms in total. The van der Waals surface area contributed by atoms with Gasteiger partial charge in [-0.15, -0.1) is 10.2 Å². The van der Waals surface area contributed by atoms with Crippen LogP contribution in [0.15, 0.2) is 0 Å². The van der Waals surface area contributed by atoms with E-state index in [2.05, 4.69) is 25.9 Å². The number of aromatic amines is 1. The van der Waals surface area contributed by atoms with Gasteiger partial charge in [-0.3, -0.25) is 0 Å². The third kappa shape index (κ3) is 6.52. The molecule has 1 aromatic rings. The minimum absolute atomic E-state index is 0.719. The molecule has 0 bridgehead atoms. The number of nitrogens with zero attached hydrogens (tertiary/aromatic N) is 3. The predicted molar refractivity (Wildman–Crippen MR) is 66.4 cm³/mol. The van der Waals surface area contributed by atoms with E-state index in [1.165, 1.54) is 25.7 Å². The van der Waals surface area contributed by atoms with Crippen LogP contribution in [0.3, 0.4) is 0 Å². The molecule has 10 heteroatoms. The second-order valence-corrected chi connectivity index (χ2v) is 4.84. The first-order chi connectivity index (χ1) is 9.82. The quantitative estimate of drug-likeness (QED) is 0.774. The first kappa shape index (κ1) is 17.3. The smallest absolute Gasteiger partial charge is 0.475 e. The Morgan fingerprint density at radius 3 is 2.33 bits per heavy atom. The number of hydrogen-bond acceptors (Lipinski definition) is 5. The molecule has 1 aliphatic carbocycles. The molecule has 1 heterocycles. The van der Waals surface area contributed by atoms with Crippen LogP contribution >= 0.6 is 0 Å². The lowest BCUT2D eigenvalue weighted by molar-refractivity contribution is -0.192. The first-order valence-corrected chi connectivity index (χ1v) is 6.52. The van der Waals surface area contributed by atoms with Crippen LogP contribution < -0.4 is 5.32 Å². The Morgan fingerprint density at radius 2 is 1.95 bits per heavy atom. The van der Waals surface area contributed by atoms with Crippen molar-refractivity contribution in [3.63, 3.8) is 0 Å². The van der Waals surface area contributed by atoms with Crippen molar-refractivity contribution in [2.24, 2.45) is 5.92 Å². The second-order valence-electron chi connectivity index (χ2n) is 4.84. The van der Waals surface area contributed by atoms with Crippen molar-refractivity contribution in [1.82, 2.24) is 25.9 Å². The average molecular weight is 309 g/mol. The number of H-pyrrole nitrogens is 1. The summed E-state index contributed by atoms with van der Waals surface area (Å²) in [5.74, 6) is -1.15. The van der Waals surface area contributed by atoms with Gasteiger partial charge >= 0.3 is 12.1 Å². The second kappa shape index (κ2) is 7.91. The molecule has 0 radical (unpaired) electrons. The molecular formula is C11H18F3N5O2. The fourth-order valence-corrected chi connectivity index (χ4v) is 2.18. The number of aliphatic carboxylic acids is 1. The number of aromatic nitrogens is 4. The summed E-state index contributed by atoms with van der Waals surface area (Å²) in [6, 6.07) is 0.719. The highest BCUT2D eigenvalue weighted by atomic mass is 19.4. The Bertz CT molecular complexity index is 416. The highest BCUT2D eigenvalue weighted by Crippen LogP contribution is 2.26. The molecule has 0 spiro atoms. The van der Waals surface area contributed by atoms with Gasteiger partial charge < -0.3 is 10.4 Å². The normalized spacial score (nSPS) is 22.3. The van der Waals surface area contributed by atoms with Crippen LogP contribution in [-0.4, -0.2) is 51.0 Å². The molecule has 120 valence electrons. The van der Waals surface area contributed by atoms with Crippen molar-refractivity contribution in [2.75, 3.05) is 7.05 Å². The summed E-state index contributed by atoms with van der Waals surface area (Å²) in [7, 11) is 2.05. The zero-order valence-corrected chi connectivity index (χ0v) is 11.5. The van der Waals surface area contributed by atoms with Crippen molar-refractivity contribution in [2.45, 2.75) is 44.3 Å². The van der Waals surface area contributed by atoms with Crippen LogP contribution in [-0.2, 0) is 11.2 Å². The number of carbonyl (C=O) groups is 1. The van der Waals surface area contributed by atoms with Crippen LogP contribution in [0.5, 0.6) is 0 Å². The Hall–Kier alpha value is -1.71. The van der Waals surface area contributed by atoms with E-state index in [0.717, 1.165) is 24.2 Å². The molecule has 1 fully saturated rings. The molecular weight excluding hydrogens is 291 g/mol. The largest absolute Gasteiger partial charge is 0.490 e. The minimum Gasteiger partial charge on any atom is -0.475 e. The van der Waals surface area contributed by atoms with Gasteiger partial charge in [0.1, 0.15) is 0 Å². The van der Waals surface area contributed by atoms with Crippen LogP contribution in [0.1, 0.15) is 31.5 Å². The molecule has 0 aliphatic heterocycles. The number of alkyl halides is 3. The first-order valence-electron chi connectivity index (χ1n) is 6.52. The summed E-state index contributed by atoms with van der Waals surface area (Å²) in [6.07, 6.45) is 1.01. The minimum atomic E-state index is -5.08. The van der Waals surface area contributed by atoms with Crippen molar-refractivity contribution in [1.29, 1.82) is 0 Å². The molecule has 0 unspecified atom stereocenters. The fourth-order valence-electron chi connectivity index (χ4n) is 2.18. The number of rotatable bonds is 3. The van der Waals surface area contributed by atoms with Gasteiger partial charge in [0, 0.05) is 12.5 Å². The lowest BCUT2D eigenvalue weighted by Crippen LogP contribution is -2.30. The Balaban J connectivity index is 0.000000270. The summed E-state index contributed by atoms with van der Waals surface area (Å²) in [6.45, 7) is 0. The van der Waals surface area contributed by atoms with E-state index in [0.29, 0.717) is 0 Å². The number of nitrogens with one attached hydrogen (secondary N) is 2. The summed E-state index contributed by atoms with van der Waals surface area (Å²) in [5.41, 5.74) is 0. The van der Waals surface area contributed by atoms with Gasteiger partial charge in [-0.2, -0.15) is 18.4 Å². The zero-order valence-electron chi connectivity index (χ0n) is 11.5. The number of hydrogen-bond donors (Lipinski definition) is 3. The standard InChI is InChI=1S/C9H17N5.C2HF3O2/c1-10-8-4-2-7(3-5-8)6-9-11-13-14-12-9;3-2(4,5)1(6)7/h7-8,10H,2-6H2,1H3,(H,11,12,13,14);(H,6,7). The lowest BCUT2D eigenvalue weighted by atomic mass is 9.84. The van der Waals surface area contributed by atoms with Crippen LogP contribution in [0.2, 0.25) is 0 Å². The molecule has 0 atom stereocenters. The van der Waals surface area contributed by atoms with Gasteiger partial charge in [0.15, 0.2) is 5.82 Å². The number of carboxylic acid groups (broad SMARTS) is 1. The molecule has 1 saturated carbocycles. The van der Waals surface area contributed by atoms with E-state index in [1.54, 1.807) is 0 Å². The van der Waals surface area contributed by atoms with Crippen LogP contribution in [0.25, 0.3) is 0 Å². The number of tetrazole rings is 1. The van der Waals surface area contributed by atoms with Gasteiger partial charge in [0.05, 0.1) is 0 Å². The third-order valence-electron chi connectivity index (χ3n) is 3.36. The van der Waals surface area contributed by atoms with Gasteiger partial charge in [0.2, 0.25) is 0 Å². The molecule has 1 aliphatic rings. The Morgan fingerprint density at radius 1 is 1.38 bits per heavy atom. The van der Waals surface area contributed by atoms with Gasteiger partial charge in [-0.25, -0.2) is 4.79 Å². The fraction of sp³-hybridized carbons (Fsp3) is 0.818. The SMILES string of the molecule is CNC1CCC(Cc2nn[nH]n2)CC1.O=C(O)C(F)(F)F. The van der Waals surface area contributed by atoms with Gasteiger partial charge in [-0.1, -0.05) is 5.21 Å². The van der Waals surface area contributed by atoms with E-state index in [9.17, 15) is 13.2 Å². The van der Waals surface area contributed by atoms with Crippen molar-refractivity contribution < 1.29 is 23.1 Å². The topological polar surface area (TPSA) is 104 Å². The Kier molecular flexibility index (Phi) is 6.53. The van der Waals surface area contributed by atoms with E-state index in [4.69, 9.17) is 9.90 Å². The van der Waals surface area contributed by atoms with E-state index >= 15 is 0 Å². The maximum atomic E-state index is 10.6. The highest BCUT2D eigenvalue weighted by Gasteiger charge is 2.38. The van der Waals surface area contributed by atoms with Crippen molar-refractivity contribution in [3.05, 3.63) is 5.82 Å². The molecule has 0 aromatic carbocycles. The highest BCUT2D eigenvalue weighted by molar-refractivity contribution is 5.73. The predicted octanol–water partition coefficient (Wildman–Crippen LogP) is 1.15. The van der Waals surface area contributed by atoms with Crippen LogP contribution in [0, 0.1) is 5.92 Å². The maximum absolute atomic E-state index is 10.6. The maximum Gasteiger partial charge on any atom is 0.490 e. The van der Waals surface area contributed by atoms with Crippen molar-refractivity contribution >= 4 is 5.97 Å². The van der Waals surface area contributed by atoms with Gasteiger partial charge in [0.25, 0.3) is 0 Å². The third-order valence-corrected chi connectivity index (χ3v) is 3.36. The molecule has 0 saturated heterocycles. The molecule has 1 aromatic heterocycles. The Labute approximate surface area is 119 Å². The van der Waals surface area contributed by atoms with E-state index in [-0.39, 0.29) is 0 Å². The van der Waals surface area contributed by atoms with Gasteiger partial charge in [-0.05, 0) is 38.6 Å². The monoisotopic (exact) mass is 309 g/mol. The van der Waals surface area contributed by atoms with E-state index in [1.807, 2.05) is 7.05 Å². The number of halogens is 3. The summed E-state index contributed by atoms with van der Waals surface area (Å²) in [4.78, 5) is 8.90. The summed E-state index contributed by atoms with van der Waals surface area (Å²) < 4.78 is 31.7. The molecule has 2 rings (SSSR count). The molecule has 3 N–H and O–H groups in total. The van der Waals surface area contributed by atoms with Crippen molar-refractivity contribution in [3.8, 4) is 0 Å².